The second-order valence-corrected chi connectivity index (χ2v) is 6.65. The molecule has 0 atom stereocenters. The molecular weight excluding hydrogens is 405 g/mol. The largest absolute Gasteiger partial charge is 0.489 e. The summed E-state index contributed by atoms with van der Waals surface area (Å²) in [4.78, 5) is 26.8. The van der Waals surface area contributed by atoms with Gasteiger partial charge in [0.05, 0.1) is 17.3 Å². The van der Waals surface area contributed by atoms with Crippen LogP contribution in [0.1, 0.15) is 30.0 Å². The van der Waals surface area contributed by atoms with Gasteiger partial charge in [-0.3, -0.25) is 14.3 Å². The zero-order valence-corrected chi connectivity index (χ0v) is 15.9. The highest BCUT2D eigenvalue weighted by molar-refractivity contribution is 6.05. The van der Waals surface area contributed by atoms with E-state index in [4.69, 9.17) is 9.84 Å². The summed E-state index contributed by atoms with van der Waals surface area (Å²) < 4.78 is 45.5. The van der Waals surface area contributed by atoms with Crippen molar-refractivity contribution in [2.75, 3.05) is 5.32 Å². The summed E-state index contributed by atoms with van der Waals surface area (Å²) in [5.41, 5.74) is -0.974. The van der Waals surface area contributed by atoms with E-state index in [0.29, 0.717) is 10.9 Å². The summed E-state index contributed by atoms with van der Waals surface area (Å²) in [6.07, 6.45) is -3.48. The molecule has 0 spiro atoms. The quantitative estimate of drug-likeness (QED) is 0.629. The molecular formula is C19H17F3N4O4. The van der Waals surface area contributed by atoms with Crippen LogP contribution in [0.25, 0.3) is 10.9 Å². The van der Waals surface area contributed by atoms with Crippen molar-refractivity contribution >= 4 is 28.5 Å². The predicted octanol–water partition coefficient (Wildman–Crippen LogP) is 3.57. The van der Waals surface area contributed by atoms with Gasteiger partial charge in [-0.1, -0.05) is 6.07 Å². The number of carboxylic acids is 1. The Morgan fingerprint density at radius 1 is 1.27 bits per heavy atom. The molecule has 2 aromatic heterocycles. The molecule has 3 rings (SSSR count). The standard InChI is InChI=1S/C19H17F3N4O4/c1-10(2)30-15-7-13-11(8-26(25-13)9-17(27)28)6-14(15)24-18(29)12-4-3-5-16(23-12)19(20,21)22/h3-8,10H,9H2,1-2H3,(H,24,29)(H,27,28). The molecule has 0 bridgehead atoms. The van der Waals surface area contributed by atoms with E-state index >= 15 is 0 Å². The molecule has 1 amide bonds. The number of amides is 1. The number of fused-ring (bicyclic) bond motifs is 1. The molecule has 0 unspecified atom stereocenters. The van der Waals surface area contributed by atoms with Gasteiger partial charge in [0.2, 0.25) is 0 Å². The predicted molar refractivity (Wildman–Crippen MR) is 100 cm³/mol. The molecule has 0 saturated carbocycles. The Kier molecular flexibility index (Phi) is 5.63. The van der Waals surface area contributed by atoms with Gasteiger partial charge in [0.25, 0.3) is 5.91 Å². The highest BCUT2D eigenvalue weighted by Crippen LogP contribution is 2.32. The summed E-state index contributed by atoms with van der Waals surface area (Å²) in [6.45, 7) is 3.16. The molecule has 0 saturated heterocycles. The lowest BCUT2D eigenvalue weighted by Gasteiger charge is -2.15. The van der Waals surface area contributed by atoms with Gasteiger partial charge < -0.3 is 15.2 Å². The first-order chi connectivity index (χ1) is 14.0. The fourth-order valence-corrected chi connectivity index (χ4v) is 2.68. The van der Waals surface area contributed by atoms with E-state index in [0.717, 1.165) is 18.2 Å². The lowest BCUT2D eigenvalue weighted by Crippen LogP contribution is -2.18. The Morgan fingerprint density at radius 3 is 2.63 bits per heavy atom. The number of nitrogens with zero attached hydrogens (tertiary/aromatic N) is 3. The Balaban J connectivity index is 1.96. The maximum Gasteiger partial charge on any atom is 0.433 e. The van der Waals surface area contributed by atoms with E-state index in [9.17, 15) is 22.8 Å². The van der Waals surface area contributed by atoms with Crippen molar-refractivity contribution in [3.8, 4) is 5.75 Å². The number of nitrogens with one attached hydrogen (secondary N) is 1. The number of aromatic nitrogens is 3. The lowest BCUT2D eigenvalue weighted by molar-refractivity contribution is -0.141. The Bertz CT molecular complexity index is 1110. The van der Waals surface area contributed by atoms with Crippen LogP contribution in [-0.2, 0) is 17.5 Å². The number of hydrogen-bond donors (Lipinski definition) is 2. The molecule has 1 aromatic carbocycles. The Labute approximate surface area is 168 Å². The molecule has 2 heterocycles. The number of benzene rings is 1. The number of pyridine rings is 1. The van der Waals surface area contributed by atoms with Crippen molar-refractivity contribution in [2.24, 2.45) is 0 Å². The van der Waals surface area contributed by atoms with Crippen LogP contribution in [0.15, 0.2) is 36.5 Å². The van der Waals surface area contributed by atoms with Crippen LogP contribution < -0.4 is 10.1 Å². The van der Waals surface area contributed by atoms with Gasteiger partial charge in [-0.05, 0) is 32.0 Å². The first kappa shape index (κ1) is 21.1. The number of anilines is 1. The minimum absolute atomic E-state index is 0.190. The molecule has 0 aliphatic rings. The van der Waals surface area contributed by atoms with Gasteiger partial charge in [0.15, 0.2) is 0 Å². The molecule has 11 heteroatoms. The van der Waals surface area contributed by atoms with Crippen LogP contribution in [0.3, 0.4) is 0 Å². The smallest absolute Gasteiger partial charge is 0.433 e. The third-order valence-electron chi connectivity index (χ3n) is 3.83. The second kappa shape index (κ2) is 8.01. The van der Waals surface area contributed by atoms with Crippen LogP contribution >= 0.6 is 0 Å². The average molecular weight is 422 g/mol. The summed E-state index contributed by atoms with van der Waals surface area (Å²) >= 11 is 0. The molecule has 3 aromatic rings. The van der Waals surface area contributed by atoms with E-state index in [1.165, 1.54) is 23.0 Å². The normalized spacial score (nSPS) is 11.7. The number of halogens is 3. The van der Waals surface area contributed by atoms with Gasteiger partial charge in [0.1, 0.15) is 23.7 Å². The van der Waals surface area contributed by atoms with Crippen molar-refractivity contribution in [1.29, 1.82) is 0 Å². The van der Waals surface area contributed by atoms with E-state index in [-0.39, 0.29) is 24.1 Å². The fourth-order valence-electron chi connectivity index (χ4n) is 2.68. The molecule has 0 radical (unpaired) electrons. The minimum atomic E-state index is -4.68. The number of ether oxygens (including phenoxy) is 1. The highest BCUT2D eigenvalue weighted by atomic mass is 19.4. The topological polar surface area (TPSA) is 106 Å². The van der Waals surface area contributed by atoms with Crippen molar-refractivity contribution in [3.05, 3.63) is 47.9 Å². The van der Waals surface area contributed by atoms with Crippen LogP contribution in [0.5, 0.6) is 5.75 Å². The van der Waals surface area contributed by atoms with Crippen molar-refractivity contribution in [2.45, 2.75) is 32.7 Å². The van der Waals surface area contributed by atoms with E-state index < -0.39 is 29.4 Å². The SMILES string of the molecule is CC(C)Oc1cc2nn(CC(=O)O)cc2cc1NC(=O)c1cccc(C(F)(F)F)n1. The monoisotopic (exact) mass is 422 g/mol. The summed E-state index contributed by atoms with van der Waals surface area (Å²) in [7, 11) is 0. The van der Waals surface area contributed by atoms with E-state index in [2.05, 4.69) is 15.4 Å². The van der Waals surface area contributed by atoms with Gasteiger partial charge >= 0.3 is 12.1 Å². The number of rotatable bonds is 6. The first-order valence-corrected chi connectivity index (χ1v) is 8.78. The van der Waals surface area contributed by atoms with Gasteiger partial charge in [0, 0.05) is 17.6 Å². The number of aliphatic carboxylic acids is 1. The average Bonchev–Trinajstić information content (AvgIpc) is 3.01. The second-order valence-electron chi connectivity index (χ2n) is 6.65. The molecule has 30 heavy (non-hydrogen) atoms. The van der Waals surface area contributed by atoms with E-state index in [1.807, 2.05) is 0 Å². The maximum absolute atomic E-state index is 12.9. The molecule has 0 fully saturated rings. The summed E-state index contributed by atoms with van der Waals surface area (Å²) in [5, 5.41) is 16.1. The van der Waals surface area contributed by atoms with E-state index in [1.54, 1.807) is 13.8 Å². The number of alkyl halides is 3. The molecule has 8 nitrogen and oxygen atoms in total. The van der Waals surface area contributed by atoms with Gasteiger partial charge in [-0.15, -0.1) is 0 Å². The third kappa shape index (κ3) is 4.85. The number of carboxylic acid groups (broad SMARTS) is 1. The molecule has 0 aliphatic heterocycles. The van der Waals surface area contributed by atoms with Crippen molar-refractivity contribution < 1.29 is 32.6 Å². The van der Waals surface area contributed by atoms with Crippen molar-refractivity contribution in [1.82, 2.24) is 14.8 Å². The lowest BCUT2D eigenvalue weighted by atomic mass is 10.2. The molecule has 158 valence electrons. The third-order valence-corrected chi connectivity index (χ3v) is 3.83. The first-order valence-electron chi connectivity index (χ1n) is 8.78. The van der Waals surface area contributed by atoms with Gasteiger partial charge in [-0.25, -0.2) is 4.98 Å². The van der Waals surface area contributed by atoms with Crippen LogP contribution in [0.4, 0.5) is 18.9 Å². The number of carbonyl (C=O) groups is 2. The molecule has 0 aliphatic carbocycles. The molecule has 2 N–H and O–H groups in total. The van der Waals surface area contributed by atoms with Crippen LogP contribution in [0, 0.1) is 0 Å². The Morgan fingerprint density at radius 2 is 2.00 bits per heavy atom. The van der Waals surface area contributed by atoms with Crippen LogP contribution in [-0.4, -0.2) is 37.9 Å². The summed E-state index contributed by atoms with van der Waals surface area (Å²) in [6, 6.07) is 6.05. The summed E-state index contributed by atoms with van der Waals surface area (Å²) in [5.74, 6) is -1.70. The zero-order valence-electron chi connectivity index (χ0n) is 15.9. The van der Waals surface area contributed by atoms with Gasteiger partial charge in [-0.2, -0.15) is 18.3 Å². The maximum atomic E-state index is 12.9. The fraction of sp³-hybridized carbons (Fsp3) is 0.263. The minimum Gasteiger partial charge on any atom is -0.489 e. The Hall–Kier alpha value is -3.63. The van der Waals surface area contributed by atoms with Crippen LogP contribution in [0.2, 0.25) is 0 Å². The zero-order chi connectivity index (χ0) is 22.1. The highest BCUT2D eigenvalue weighted by Gasteiger charge is 2.33. The number of carbonyl (C=O) groups excluding carboxylic acids is 1. The van der Waals surface area contributed by atoms with Crippen molar-refractivity contribution in [3.63, 3.8) is 0 Å². The number of hydrogen-bond acceptors (Lipinski definition) is 5.